The minimum absolute atomic E-state index is 0.0773. The molecule has 0 atom stereocenters. The van der Waals surface area contributed by atoms with Crippen LogP contribution in [0.15, 0.2) is 40.8 Å². The van der Waals surface area contributed by atoms with Crippen LogP contribution in [-0.2, 0) is 16.0 Å². The van der Waals surface area contributed by atoms with Crippen molar-refractivity contribution in [1.82, 2.24) is 4.98 Å². The van der Waals surface area contributed by atoms with E-state index in [9.17, 15) is 9.18 Å². The minimum Gasteiger partial charge on any atom is -0.469 e. The summed E-state index contributed by atoms with van der Waals surface area (Å²) < 4.78 is 23.5. The summed E-state index contributed by atoms with van der Waals surface area (Å²) in [6.07, 6.45) is 0.130. The standard InChI is InChI=1S/C16H12ClFN2O3/c1-22-14(21)8-9-5-6-12(10(17)7-9)19-16-20-13-4-2-3-11(18)15(13)23-16/h2-7H,8H2,1H3,(H,19,20). The molecule has 0 radical (unpaired) electrons. The summed E-state index contributed by atoms with van der Waals surface area (Å²) in [4.78, 5) is 15.4. The van der Waals surface area contributed by atoms with Crippen molar-refractivity contribution in [2.75, 3.05) is 12.4 Å². The van der Waals surface area contributed by atoms with Gasteiger partial charge in [0.1, 0.15) is 5.52 Å². The molecular formula is C16H12ClFN2O3. The van der Waals surface area contributed by atoms with Crippen LogP contribution in [0.2, 0.25) is 5.02 Å². The second-order valence-corrected chi connectivity index (χ2v) is 5.21. The zero-order chi connectivity index (χ0) is 16.4. The molecule has 0 amide bonds. The third-order valence-electron chi connectivity index (χ3n) is 3.22. The molecule has 1 aromatic heterocycles. The highest BCUT2D eigenvalue weighted by atomic mass is 35.5. The van der Waals surface area contributed by atoms with E-state index in [0.29, 0.717) is 16.2 Å². The number of nitrogens with zero attached hydrogens (tertiary/aromatic N) is 1. The first-order valence-electron chi connectivity index (χ1n) is 6.74. The lowest BCUT2D eigenvalue weighted by Gasteiger charge is -2.06. The molecular weight excluding hydrogens is 323 g/mol. The maximum absolute atomic E-state index is 13.6. The van der Waals surface area contributed by atoms with Gasteiger partial charge in [0.25, 0.3) is 6.01 Å². The van der Waals surface area contributed by atoms with E-state index in [1.54, 1.807) is 30.3 Å². The number of anilines is 2. The lowest BCUT2D eigenvalue weighted by atomic mass is 10.1. The average molecular weight is 335 g/mol. The second kappa shape index (κ2) is 6.26. The highest BCUT2D eigenvalue weighted by Gasteiger charge is 2.12. The number of carbonyl (C=O) groups excluding carboxylic acids is 1. The summed E-state index contributed by atoms with van der Waals surface area (Å²) in [6, 6.07) is 9.69. The van der Waals surface area contributed by atoms with Crippen LogP contribution in [0.1, 0.15) is 5.56 Å². The van der Waals surface area contributed by atoms with Crippen molar-refractivity contribution in [2.24, 2.45) is 0 Å². The molecule has 7 heteroatoms. The van der Waals surface area contributed by atoms with Crippen LogP contribution in [0.4, 0.5) is 16.1 Å². The van der Waals surface area contributed by atoms with E-state index in [0.717, 1.165) is 5.56 Å². The quantitative estimate of drug-likeness (QED) is 0.728. The number of esters is 1. The normalized spacial score (nSPS) is 10.7. The maximum Gasteiger partial charge on any atom is 0.309 e. The Hall–Kier alpha value is -2.60. The highest BCUT2D eigenvalue weighted by molar-refractivity contribution is 6.33. The third-order valence-corrected chi connectivity index (χ3v) is 3.53. The first-order chi connectivity index (χ1) is 11.1. The Balaban J connectivity index is 1.84. The predicted octanol–water partition coefficient (Wildman–Crippen LogP) is 4.08. The summed E-state index contributed by atoms with van der Waals surface area (Å²) in [7, 11) is 1.33. The molecule has 0 spiro atoms. The van der Waals surface area contributed by atoms with Gasteiger partial charge in [-0.1, -0.05) is 23.7 Å². The largest absolute Gasteiger partial charge is 0.469 e. The van der Waals surface area contributed by atoms with Crippen LogP contribution in [0.25, 0.3) is 11.1 Å². The topological polar surface area (TPSA) is 64.4 Å². The number of para-hydroxylation sites is 1. The molecule has 118 valence electrons. The molecule has 0 aliphatic carbocycles. The molecule has 0 aliphatic heterocycles. The van der Waals surface area contributed by atoms with Crippen molar-refractivity contribution in [3.8, 4) is 0 Å². The van der Waals surface area contributed by atoms with E-state index in [2.05, 4.69) is 15.0 Å². The molecule has 1 heterocycles. The molecule has 3 rings (SSSR count). The lowest BCUT2D eigenvalue weighted by molar-refractivity contribution is -0.139. The van der Waals surface area contributed by atoms with Gasteiger partial charge in [-0.3, -0.25) is 4.79 Å². The number of methoxy groups -OCH3 is 1. The first-order valence-corrected chi connectivity index (χ1v) is 7.12. The summed E-state index contributed by atoms with van der Waals surface area (Å²) in [6.45, 7) is 0. The Morgan fingerprint density at radius 3 is 2.91 bits per heavy atom. The molecule has 0 aliphatic rings. The van der Waals surface area contributed by atoms with Crippen molar-refractivity contribution < 1.29 is 18.3 Å². The van der Waals surface area contributed by atoms with Crippen LogP contribution in [0.5, 0.6) is 0 Å². The molecule has 3 aromatic rings. The van der Waals surface area contributed by atoms with Crippen LogP contribution in [0, 0.1) is 5.82 Å². The van der Waals surface area contributed by atoms with Gasteiger partial charge in [0.15, 0.2) is 11.4 Å². The van der Waals surface area contributed by atoms with Crippen molar-refractivity contribution in [2.45, 2.75) is 6.42 Å². The Morgan fingerprint density at radius 2 is 2.22 bits per heavy atom. The Morgan fingerprint density at radius 1 is 1.39 bits per heavy atom. The number of oxazole rings is 1. The van der Waals surface area contributed by atoms with Crippen molar-refractivity contribution in [3.63, 3.8) is 0 Å². The molecule has 23 heavy (non-hydrogen) atoms. The van der Waals surface area contributed by atoms with Crippen LogP contribution < -0.4 is 5.32 Å². The fraction of sp³-hybridized carbons (Fsp3) is 0.125. The number of aromatic nitrogens is 1. The average Bonchev–Trinajstić information content (AvgIpc) is 2.94. The Bertz CT molecular complexity index is 879. The molecule has 0 saturated carbocycles. The number of fused-ring (bicyclic) bond motifs is 1. The van der Waals surface area contributed by atoms with E-state index in [-0.39, 0.29) is 24.0 Å². The second-order valence-electron chi connectivity index (χ2n) is 4.80. The van der Waals surface area contributed by atoms with Crippen molar-refractivity contribution in [1.29, 1.82) is 0 Å². The van der Waals surface area contributed by atoms with E-state index >= 15 is 0 Å². The Kier molecular flexibility index (Phi) is 4.16. The molecule has 0 bridgehead atoms. The van der Waals surface area contributed by atoms with Crippen molar-refractivity contribution >= 4 is 40.4 Å². The van der Waals surface area contributed by atoms with E-state index in [1.165, 1.54) is 13.2 Å². The van der Waals surface area contributed by atoms with Gasteiger partial charge < -0.3 is 14.5 Å². The lowest BCUT2D eigenvalue weighted by Crippen LogP contribution is -2.04. The first kappa shape index (κ1) is 15.3. The summed E-state index contributed by atoms with van der Waals surface area (Å²) in [5, 5.41) is 3.27. The summed E-state index contributed by atoms with van der Waals surface area (Å²) in [5.41, 5.74) is 1.74. The van der Waals surface area contributed by atoms with Crippen LogP contribution >= 0.6 is 11.6 Å². The van der Waals surface area contributed by atoms with Gasteiger partial charge in [-0.15, -0.1) is 0 Å². The van der Waals surface area contributed by atoms with E-state index in [1.807, 2.05) is 0 Å². The Labute approximate surface area is 136 Å². The third kappa shape index (κ3) is 3.27. The maximum atomic E-state index is 13.6. The monoisotopic (exact) mass is 334 g/mol. The van der Waals surface area contributed by atoms with E-state index in [4.69, 9.17) is 16.0 Å². The SMILES string of the molecule is COC(=O)Cc1ccc(Nc2nc3cccc(F)c3o2)c(Cl)c1. The molecule has 5 nitrogen and oxygen atoms in total. The number of carbonyl (C=O) groups is 1. The van der Waals surface area contributed by atoms with Gasteiger partial charge in [-0.25, -0.2) is 4.39 Å². The minimum atomic E-state index is -0.484. The molecule has 2 aromatic carbocycles. The summed E-state index contributed by atoms with van der Waals surface area (Å²) >= 11 is 6.18. The number of rotatable bonds is 4. The molecule has 0 saturated heterocycles. The van der Waals surface area contributed by atoms with Gasteiger partial charge in [0.2, 0.25) is 0 Å². The number of hydrogen-bond acceptors (Lipinski definition) is 5. The molecule has 1 N–H and O–H groups in total. The van der Waals surface area contributed by atoms with Gasteiger partial charge in [-0.2, -0.15) is 4.98 Å². The number of hydrogen-bond donors (Lipinski definition) is 1. The van der Waals surface area contributed by atoms with Gasteiger partial charge in [0, 0.05) is 0 Å². The van der Waals surface area contributed by atoms with Gasteiger partial charge in [-0.05, 0) is 29.8 Å². The number of ether oxygens (including phenoxy) is 1. The fourth-order valence-corrected chi connectivity index (χ4v) is 2.34. The highest BCUT2D eigenvalue weighted by Crippen LogP contribution is 2.29. The number of nitrogens with one attached hydrogen (secondary N) is 1. The smallest absolute Gasteiger partial charge is 0.309 e. The van der Waals surface area contributed by atoms with Crippen LogP contribution in [0.3, 0.4) is 0 Å². The van der Waals surface area contributed by atoms with E-state index < -0.39 is 5.82 Å². The van der Waals surface area contributed by atoms with Gasteiger partial charge in [0.05, 0.1) is 24.2 Å². The summed E-state index contributed by atoms with van der Waals surface area (Å²) in [5.74, 6) is -0.834. The van der Waals surface area contributed by atoms with Crippen molar-refractivity contribution in [3.05, 3.63) is 52.8 Å². The number of halogens is 2. The zero-order valence-electron chi connectivity index (χ0n) is 12.1. The van der Waals surface area contributed by atoms with Gasteiger partial charge >= 0.3 is 5.97 Å². The predicted molar refractivity (Wildman–Crippen MR) is 84.4 cm³/mol. The molecule has 0 unspecified atom stereocenters. The fourth-order valence-electron chi connectivity index (χ4n) is 2.09. The zero-order valence-corrected chi connectivity index (χ0v) is 12.9. The van der Waals surface area contributed by atoms with Crippen LogP contribution in [-0.4, -0.2) is 18.1 Å². The molecule has 0 fully saturated rings. The number of benzene rings is 2.